The van der Waals surface area contributed by atoms with E-state index < -0.39 is 0 Å². The molecule has 0 amide bonds. The zero-order chi connectivity index (χ0) is 25.8. The molecule has 0 bridgehead atoms. The quantitative estimate of drug-likeness (QED) is 0.370. The maximum absolute atomic E-state index is 14.0. The summed E-state index contributed by atoms with van der Waals surface area (Å²) < 4.78 is 13.4. The first-order valence-electron chi connectivity index (χ1n) is 12.6. The van der Waals surface area contributed by atoms with E-state index in [1.807, 2.05) is 53.2 Å². The second kappa shape index (κ2) is 8.89. The Kier molecular flexibility index (Phi) is 5.33. The summed E-state index contributed by atoms with van der Waals surface area (Å²) in [6, 6.07) is 22.1. The molecule has 5 aromatic rings. The summed E-state index contributed by atoms with van der Waals surface area (Å²) in [6.45, 7) is 0. The number of hydrogen-bond acceptors (Lipinski definition) is 5. The molecule has 1 unspecified atom stereocenters. The maximum Gasteiger partial charge on any atom is 0.271 e. The lowest BCUT2D eigenvalue weighted by Crippen LogP contribution is -2.38. The van der Waals surface area contributed by atoms with E-state index in [2.05, 4.69) is 35.3 Å². The lowest BCUT2D eigenvalue weighted by Gasteiger charge is -2.31. The van der Waals surface area contributed by atoms with Crippen LogP contribution in [0.4, 0.5) is 0 Å². The number of allylic oxidation sites excluding steroid dienone is 1. The highest BCUT2D eigenvalue weighted by Gasteiger charge is 2.32. The SMILES string of the molecule is COc1ccc(C2C3=C(N=c4s/c(=C\c5c[nH]c6ccccc56)c(=O)n42)c2ccc(OC)cc2CC3)cc1. The molecular formula is C31H25N3O3S. The van der Waals surface area contributed by atoms with Gasteiger partial charge < -0.3 is 14.5 Å². The van der Waals surface area contributed by atoms with E-state index in [1.54, 1.807) is 14.2 Å². The molecule has 3 aromatic carbocycles. The second-order valence-corrected chi connectivity index (χ2v) is 10.6. The van der Waals surface area contributed by atoms with Gasteiger partial charge in [-0.1, -0.05) is 41.7 Å². The molecule has 0 fully saturated rings. The van der Waals surface area contributed by atoms with Gasteiger partial charge in [0.25, 0.3) is 5.56 Å². The molecule has 2 aromatic heterocycles. The van der Waals surface area contributed by atoms with Crippen molar-refractivity contribution in [1.82, 2.24) is 9.55 Å². The number of nitrogens with one attached hydrogen (secondary N) is 1. The molecule has 1 aliphatic heterocycles. The number of aromatic nitrogens is 2. The maximum atomic E-state index is 14.0. The Morgan fingerprint density at radius 1 is 1.00 bits per heavy atom. The summed E-state index contributed by atoms with van der Waals surface area (Å²) in [6.07, 6.45) is 5.63. The molecule has 0 radical (unpaired) electrons. The van der Waals surface area contributed by atoms with Gasteiger partial charge in [-0.3, -0.25) is 9.36 Å². The highest BCUT2D eigenvalue weighted by molar-refractivity contribution is 7.07. The van der Waals surface area contributed by atoms with Gasteiger partial charge in [0.2, 0.25) is 0 Å². The number of methoxy groups -OCH3 is 2. The van der Waals surface area contributed by atoms with Gasteiger partial charge in [-0.25, -0.2) is 4.99 Å². The van der Waals surface area contributed by atoms with Crippen LogP contribution in [0.2, 0.25) is 0 Å². The van der Waals surface area contributed by atoms with Crippen LogP contribution in [-0.2, 0) is 6.42 Å². The molecular weight excluding hydrogens is 494 g/mol. The molecule has 1 aliphatic carbocycles. The van der Waals surface area contributed by atoms with Crippen LogP contribution in [0.3, 0.4) is 0 Å². The lowest BCUT2D eigenvalue weighted by atomic mass is 9.83. The van der Waals surface area contributed by atoms with E-state index in [-0.39, 0.29) is 11.6 Å². The van der Waals surface area contributed by atoms with Crippen molar-refractivity contribution < 1.29 is 9.47 Å². The normalized spacial score (nSPS) is 16.6. The van der Waals surface area contributed by atoms with Gasteiger partial charge in [-0.2, -0.15) is 0 Å². The number of nitrogens with zero attached hydrogens (tertiary/aromatic N) is 2. The molecule has 2 aliphatic rings. The number of rotatable bonds is 4. The number of hydrogen-bond donors (Lipinski definition) is 1. The number of aryl methyl sites for hydroxylation is 1. The van der Waals surface area contributed by atoms with Crippen molar-refractivity contribution in [3.8, 4) is 11.5 Å². The first kappa shape index (κ1) is 22.8. The average molecular weight is 520 g/mol. The van der Waals surface area contributed by atoms with E-state index in [0.717, 1.165) is 57.6 Å². The molecule has 1 N–H and O–H groups in total. The minimum Gasteiger partial charge on any atom is -0.497 e. The number of H-pyrrole nitrogens is 1. The fourth-order valence-electron chi connectivity index (χ4n) is 5.63. The largest absolute Gasteiger partial charge is 0.497 e. The van der Waals surface area contributed by atoms with Crippen molar-refractivity contribution in [2.75, 3.05) is 14.2 Å². The van der Waals surface area contributed by atoms with Gasteiger partial charge in [-0.05, 0) is 72.0 Å². The first-order valence-corrected chi connectivity index (χ1v) is 13.4. The molecule has 188 valence electrons. The van der Waals surface area contributed by atoms with E-state index in [9.17, 15) is 4.79 Å². The van der Waals surface area contributed by atoms with Crippen LogP contribution in [-0.4, -0.2) is 23.8 Å². The molecule has 0 spiro atoms. The van der Waals surface area contributed by atoms with Crippen molar-refractivity contribution in [2.45, 2.75) is 18.9 Å². The standard InChI is InChI=1S/C31H25N3O3S/c1-36-21-10-7-18(8-11-21)29-25-13-9-19-15-22(37-2)12-14-24(19)28(25)33-31-34(29)30(35)27(38-31)16-20-17-32-26-6-4-3-5-23(20)26/h3-8,10-12,14-17,29,32H,9,13H2,1-2H3/b27-16-. The zero-order valence-electron chi connectivity index (χ0n) is 21.0. The van der Waals surface area contributed by atoms with Crippen LogP contribution < -0.4 is 24.4 Å². The second-order valence-electron chi connectivity index (χ2n) is 9.54. The van der Waals surface area contributed by atoms with Crippen LogP contribution in [0.1, 0.15) is 34.7 Å². The van der Waals surface area contributed by atoms with E-state index in [1.165, 1.54) is 22.5 Å². The Morgan fingerprint density at radius 3 is 2.61 bits per heavy atom. The van der Waals surface area contributed by atoms with Gasteiger partial charge in [0.1, 0.15) is 11.5 Å². The third-order valence-electron chi connectivity index (χ3n) is 7.51. The van der Waals surface area contributed by atoms with Crippen LogP contribution in [0.15, 0.2) is 88.3 Å². The van der Waals surface area contributed by atoms with Crippen molar-refractivity contribution in [1.29, 1.82) is 0 Å². The van der Waals surface area contributed by atoms with Crippen molar-refractivity contribution >= 4 is 34.0 Å². The van der Waals surface area contributed by atoms with Crippen molar-refractivity contribution in [3.05, 3.63) is 120 Å². The number of aromatic amines is 1. The van der Waals surface area contributed by atoms with Crippen LogP contribution >= 0.6 is 11.3 Å². The lowest BCUT2D eigenvalue weighted by molar-refractivity contribution is 0.414. The average Bonchev–Trinajstić information content (AvgIpc) is 3.52. The van der Waals surface area contributed by atoms with E-state index >= 15 is 0 Å². The molecule has 7 heteroatoms. The Balaban J connectivity index is 1.47. The highest BCUT2D eigenvalue weighted by Crippen LogP contribution is 2.42. The van der Waals surface area contributed by atoms with Gasteiger partial charge in [0.15, 0.2) is 4.80 Å². The number of benzene rings is 3. The molecule has 0 saturated heterocycles. The molecule has 1 atom stereocenters. The van der Waals surface area contributed by atoms with Gasteiger partial charge in [0, 0.05) is 28.2 Å². The van der Waals surface area contributed by atoms with E-state index in [0.29, 0.717) is 9.33 Å². The minimum atomic E-state index is -0.229. The highest BCUT2D eigenvalue weighted by atomic mass is 32.1. The summed E-state index contributed by atoms with van der Waals surface area (Å²) in [5.74, 6) is 1.63. The summed E-state index contributed by atoms with van der Waals surface area (Å²) >= 11 is 1.44. The summed E-state index contributed by atoms with van der Waals surface area (Å²) in [5, 5.41) is 1.09. The monoisotopic (exact) mass is 519 g/mol. The molecule has 0 saturated carbocycles. The number of fused-ring (bicyclic) bond motifs is 4. The van der Waals surface area contributed by atoms with Gasteiger partial charge in [0.05, 0.1) is 30.5 Å². The Labute approximate surface area is 222 Å². The minimum absolute atomic E-state index is 0.0214. The smallest absolute Gasteiger partial charge is 0.271 e. The van der Waals surface area contributed by atoms with Crippen LogP contribution in [0.5, 0.6) is 11.5 Å². The topological polar surface area (TPSA) is 68.6 Å². The molecule has 38 heavy (non-hydrogen) atoms. The third-order valence-corrected chi connectivity index (χ3v) is 8.49. The predicted octanol–water partition coefficient (Wildman–Crippen LogP) is 4.82. The van der Waals surface area contributed by atoms with E-state index in [4.69, 9.17) is 14.5 Å². The number of thiazole rings is 1. The van der Waals surface area contributed by atoms with Gasteiger partial charge in [-0.15, -0.1) is 0 Å². The Morgan fingerprint density at radius 2 is 1.79 bits per heavy atom. The number of ether oxygens (including phenoxy) is 2. The van der Waals surface area contributed by atoms with Crippen molar-refractivity contribution in [2.24, 2.45) is 4.99 Å². The van der Waals surface area contributed by atoms with Crippen LogP contribution in [0.25, 0.3) is 22.7 Å². The molecule has 3 heterocycles. The fraction of sp³-hybridized carbons (Fsp3) is 0.161. The third kappa shape index (κ3) is 3.54. The summed E-state index contributed by atoms with van der Waals surface area (Å²) in [5.41, 5.74) is 7.53. The first-order chi connectivity index (χ1) is 18.6. The van der Waals surface area contributed by atoms with Crippen molar-refractivity contribution in [3.63, 3.8) is 0 Å². The van der Waals surface area contributed by atoms with Gasteiger partial charge >= 0.3 is 0 Å². The fourth-order valence-corrected chi connectivity index (χ4v) is 6.62. The summed E-state index contributed by atoms with van der Waals surface area (Å²) in [7, 11) is 3.35. The zero-order valence-corrected chi connectivity index (χ0v) is 21.8. The Hall–Kier alpha value is -4.36. The molecule has 7 rings (SSSR count). The summed E-state index contributed by atoms with van der Waals surface area (Å²) in [4.78, 5) is 23.1. The number of para-hydroxylation sites is 1. The van der Waals surface area contributed by atoms with Crippen LogP contribution in [0, 0.1) is 0 Å². The Bertz CT molecular complexity index is 1930. The predicted molar refractivity (Wildman–Crippen MR) is 151 cm³/mol. The molecule has 6 nitrogen and oxygen atoms in total.